The molecule has 2 aromatic carbocycles. The summed E-state index contributed by atoms with van der Waals surface area (Å²) < 4.78 is 5.02. The summed E-state index contributed by atoms with van der Waals surface area (Å²) in [5.41, 5.74) is 1.66. The van der Waals surface area contributed by atoms with Crippen LogP contribution in [0.5, 0.6) is 5.75 Å². The van der Waals surface area contributed by atoms with Crippen molar-refractivity contribution in [1.29, 1.82) is 0 Å². The predicted molar refractivity (Wildman–Crippen MR) is 83.1 cm³/mol. The molecule has 1 amide bonds. The molecule has 7 heteroatoms. The molecule has 0 fully saturated rings. The minimum absolute atomic E-state index is 0.157. The fourth-order valence-electron chi connectivity index (χ4n) is 2.02. The molecule has 0 aliphatic rings. The van der Waals surface area contributed by atoms with Crippen molar-refractivity contribution in [2.24, 2.45) is 0 Å². The Hall–Kier alpha value is -2.93. The van der Waals surface area contributed by atoms with Gasteiger partial charge in [0.05, 0.1) is 11.5 Å². The van der Waals surface area contributed by atoms with E-state index in [1.807, 2.05) is 24.3 Å². The molecule has 0 saturated heterocycles. The second-order valence-corrected chi connectivity index (χ2v) is 4.89. The van der Waals surface area contributed by atoms with E-state index >= 15 is 0 Å². The van der Waals surface area contributed by atoms with Gasteiger partial charge in [-0.15, -0.1) is 0 Å². The van der Waals surface area contributed by atoms with Crippen molar-refractivity contribution < 1.29 is 19.6 Å². The van der Waals surface area contributed by atoms with Crippen molar-refractivity contribution in [3.05, 3.63) is 69.3 Å². The first-order valence-corrected chi connectivity index (χ1v) is 6.83. The van der Waals surface area contributed by atoms with Gasteiger partial charge in [-0.2, -0.15) is 0 Å². The fourth-order valence-corrected chi connectivity index (χ4v) is 2.02. The Labute approximate surface area is 132 Å². The summed E-state index contributed by atoms with van der Waals surface area (Å²) in [4.78, 5) is 21.9. The second kappa shape index (κ2) is 7.37. The molecule has 0 aliphatic heterocycles. The average Bonchev–Trinajstić information content (AvgIpc) is 2.53. The number of ether oxygens (including phenoxy) is 1. The smallest absolute Gasteiger partial charge is 0.310 e. The van der Waals surface area contributed by atoms with Gasteiger partial charge in [-0.3, -0.25) is 14.9 Å². The lowest BCUT2D eigenvalue weighted by Gasteiger charge is -2.07. The van der Waals surface area contributed by atoms with E-state index in [0.717, 1.165) is 23.3 Å². The molecular weight excluding hydrogens is 300 g/mol. The number of nitrogens with one attached hydrogen (secondary N) is 1. The first-order chi connectivity index (χ1) is 11.0. The van der Waals surface area contributed by atoms with Gasteiger partial charge in [0.1, 0.15) is 0 Å². The lowest BCUT2D eigenvalue weighted by molar-refractivity contribution is -0.385. The van der Waals surface area contributed by atoms with Gasteiger partial charge in [0.25, 0.3) is 5.91 Å². The lowest BCUT2D eigenvalue weighted by Crippen LogP contribution is -2.22. The third-order valence-corrected chi connectivity index (χ3v) is 3.22. The van der Waals surface area contributed by atoms with E-state index in [2.05, 4.69) is 5.32 Å². The van der Waals surface area contributed by atoms with Crippen molar-refractivity contribution in [1.82, 2.24) is 5.32 Å². The Morgan fingerprint density at radius 3 is 2.43 bits per heavy atom. The number of nitrogens with zero attached hydrogens (tertiary/aromatic N) is 1. The molecule has 2 aromatic rings. The average molecular weight is 316 g/mol. The third-order valence-electron chi connectivity index (χ3n) is 3.22. The van der Waals surface area contributed by atoms with Crippen molar-refractivity contribution in [2.75, 3.05) is 7.11 Å². The highest BCUT2D eigenvalue weighted by molar-refractivity contribution is 5.95. The molecule has 2 N–H and O–H groups in total. The van der Waals surface area contributed by atoms with Gasteiger partial charge in [0.15, 0.2) is 5.75 Å². The molecule has 0 saturated carbocycles. The number of phenols is 1. The standard InChI is InChI=1S/C16H16N2O5/c1-23-10-12-4-2-11(3-5-12)9-17-16(20)13-6-7-14(18(21)22)15(19)8-13/h2-8,19H,9-10H2,1H3,(H,17,20). The lowest BCUT2D eigenvalue weighted by atomic mass is 10.1. The van der Waals surface area contributed by atoms with Crippen LogP contribution >= 0.6 is 0 Å². The highest BCUT2D eigenvalue weighted by Crippen LogP contribution is 2.26. The summed E-state index contributed by atoms with van der Waals surface area (Å²) in [6, 6.07) is 11.0. The summed E-state index contributed by atoms with van der Waals surface area (Å²) in [5, 5.41) is 22.9. The van der Waals surface area contributed by atoms with Crippen LogP contribution in [0.4, 0.5) is 5.69 Å². The molecule has 7 nitrogen and oxygen atoms in total. The Kier molecular flexibility index (Phi) is 5.27. The topological polar surface area (TPSA) is 102 Å². The van der Waals surface area contributed by atoms with Crippen LogP contribution in [0, 0.1) is 10.1 Å². The Balaban J connectivity index is 1.99. The van der Waals surface area contributed by atoms with E-state index in [1.165, 1.54) is 6.07 Å². The van der Waals surface area contributed by atoms with E-state index in [4.69, 9.17) is 4.74 Å². The summed E-state index contributed by atoms with van der Waals surface area (Å²) >= 11 is 0. The zero-order valence-electron chi connectivity index (χ0n) is 12.5. The maximum atomic E-state index is 12.0. The maximum Gasteiger partial charge on any atom is 0.310 e. The highest BCUT2D eigenvalue weighted by Gasteiger charge is 2.15. The van der Waals surface area contributed by atoms with Gasteiger partial charge in [0, 0.05) is 25.3 Å². The molecule has 120 valence electrons. The number of nitro benzene ring substituents is 1. The van der Waals surface area contributed by atoms with E-state index in [0.29, 0.717) is 13.2 Å². The van der Waals surface area contributed by atoms with Gasteiger partial charge in [-0.05, 0) is 23.3 Å². The van der Waals surface area contributed by atoms with Crippen molar-refractivity contribution in [2.45, 2.75) is 13.2 Å². The van der Waals surface area contributed by atoms with Crippen molar-refractivity contribution in [3.63, 3.8) is 0 Å². The van der Waals surface area contributed by atoms with E-state index in [9.17, 15) is 20.0 Å². The number of carbonyl (C=O) groups is 1. The number of methoxy groups -OCH3 is 1. The number of phenolic OH excluding ortho intramolecular Hbond substituents is 1. The SMILES string of the molecule is COCc1ccc(CNC(=O)c2ccc([N+](=O)[O-])c(O)c2)cc1. The summed E-state index contributed by atoms with van der Waals surface area (Å²) in [6.07, 6.45) is 0. The molecule has 0 radical (unpaired) electrons. The minimum atomic E-state index is -0.710. The molecule has 0 unspecified atom stereocenters. The van der Waals surface area contributed by atoms with Crippen molar-refractivity contribution >= 4 is 11.6 Å². The number of amides is 1. The largest absolute Gasteiger partial charge is 0.502 e. The van der Waals surface area contributed by atoms with E-state index in [-0.39, 0.29) is 5.56 Å². The first-order valence-electron chi connectivity index (χ1n) is 6.83. The van der Waals surface area contributed by atoms with Gasteiger partial charge < -0.3 is 15.2 Å². The van der Waals surface area contributed by atoms with Crippen LogP contribution in [0.25, 0.3) is 0 Å². The number of aromatic hydroxyl groups is 1. The van der Waals surface area contributed by atoms with Crippen LogP contribution in [-0.4, -0.2) is 23.0 Å². The number of nitro groups is 1. The van der Waals surface area contributed by atoms with Gasteiger partial charge >= 0.3 is 5.69 Å². The number of carbonyl (C=O) groups excluding carboxylic acids is 1. The summed E-state index contributed by atoms with van der Waals surface area (Å²) in [7, 11) is 1.62. The molecule has 0 atom stereocenters. The first kappa shape index (κ1) is 16.4. The highest BCUT2D eigenvalue weighted by atomic mass is 16.6. The fraction of sp³-hybridized carbons (Fsp3) is 0.188. The number of hydrogen-bond donors (Lipinski definition) is 2. The van der Waals surface area contributed by atoms with Crippen molar-refractivity contribution in [3.8, 4) is 5.75 Å². The molecule has 0 bridgehead atoms. The molecule has 0 heterocycles. The van der Waals surface area contributed by atoms with Crippen LogP contribution in [0.15, 0.2) is 42.5 Å². The predicted octanol–water partition coefficient (Wildman–Crippen LogP) is 2.38. The van der Waals surface area contributed by atoms with Crippen LogP contribution in [0.2, 0.25) is 0 Å². The van der Waals surface area contributed by atoms with Crippen LogP contribution in [0.1, 0.15) is 21.5 Å². The Morgan fingerprint density at radius 2 is 1.87 bits per heavy atom. The molecular formula is C16H16N2O5. The Morgan fingerprint density at radius 1 is 1.22 bits per heavy atom. The molecule has 2 rings (SSSR count). The van der Waals surface area contributed by atoms with Gasteiger partial charge in [-0.1, -0.05) is 24.3 Å². The summed E-state index contributed by atoms with van der Waals surface area (Å²) in [6.45, 7) is 0.832. The second-order valence-electron chi connectivity index (χ2n) is 4.89. The number of hydrogen-bond acceptors (Lipinski definition) is 5. The van der Waals surface area contributed by atoms with E-state index in [1.54, 1.807) is 7.11 Å². The van der Waals surface area contributed by atoms with Crippen LogP contribution in [0.3, 0.4) is 0 Å². The van der Waals surface area contributed by atoms with Crippen LogP contribution < -0.4 is 5.32 Å². The third kappa shape index (κ3) is 4.27. The van der Waals surface area contributed by atoms with Gasteiger partial charge in [-0.25, -0.2) is 0 Å². The monoisotopic (exact) mass is 316 g/mol. The normalized spacial score (nSPS) is 10.3. The minimum Gasteiger partial charge on any atom is -0.502 e. The van der Waals surface area contributed by atoms with E-state index < -0.39 is 22.3 Å². The summed E-state index contributed by atoms with van der Waals surface area (Å²) in [5.74, 6) is -0.956. The number of benzene rings is 2. The Bertz CT molecular complexity index is 713. The number of rotatable bonds is 6. The zero-order valence-corrected chi connectivity index (χ0v) is 12.5. The zero-order chi connectivity index (χ0) is 16.8. The van der Waals surface area contributed by atoms with Crippen LogP contribution in [-0.2, 0) is 17.9 Å². The quantitative estimate of drug-likeness (QED) is 0.629. The molecule has 0 aromatic heterocycles. The molecule has 0 aliphatic carbocycles. The van der Waals surface area contributed by atoms with Gasteiger partial charge in [0.2, 0.25) is 0 Å². The molecule has 23 heavy (non-hydrogen) atoms. The molecule has 0 spiro atoms. The maximum absolute atomic E-state index is 12.0.